The minimum absolute atomic E-state index is 0.0489. The Bertz CT molecular complexity index is 920. The summed E-state index contributed by atoms with van der Waals surface area (Å²) in [6.45, 7) is 4.65. The molecular weight excluding hydrogens is 390 g/mol. The molecule has 0 saturated carbocycles. The monoisotopic (exact) mass is 417 g/mol. The minimum atomic E-state index is -0.411. The van der Waals surface area contributed by atoms with Crippen LogP contribution < -0.4 is 9.47 Å². The molecule has 1 amide bonds. The Morgan fingerprint density at radius 1 is 1.14 bits per heavy atom. The van der Waals surface area contributed by atoms with Crippen LogP contribution in [0.5, 0.6) is 11.5 Å². The van der Waals surface area contributed by atoms with Gasteiger partial charge in [-0.2, -0.15) is 0 Å². The van der Waals surface area contributed by atoms with Crippen LogP contribution in [0.15, 0.2) is 18.2 Å². The van der Waals surface area contributed by atoms with Crippen LogP contribution in [0.3, 0.4) is 0 Å². The number of esters is 1. The second-order valence-corrected chi connectivity index (χ2v) is 8.25. The molecule has 2 heterocycles. The third kappa shape index (κ3) is 4.10. The Morgan fingerprint density at radius 2 is 1.83 bits per heavy atom. The van der Waals surface area contributed by atoms with Gasteiger partial charge in [-0.1, -0.05) is 6.92 Å². The van der Waals surface area contributed by atoms with Crippen molar-refractivity contribution in [1.82, 2.24) is 4.90 Å². The van der Waals surface area contributed by atoms with Crippen molar-refractivity contribution in [2.75, 3.05) is 27.9 Å². The number of rotatable bonds is 6. The second-order valence-electron chi connectivity index (χ2n) is 7.00. The fourth-order valence-corrected chi connectivity index (χ4v) is 4.92. The highest BCUT2D eigenvalue weighted by molar-refractivity contribution is 7.14. The fraction of sp³-hybridized carbons (Fsp3) is 0.455. The lowest BCUT2D eigenvalue weighted by atomic mass is 9.89. The van der Waals surface area contributed by atoms with E-state index in [0.29, 0.717) is 29.3 Å². The van der Waals surface area contributed by atoms with E-state index in [0.717, 1.165) is 22.4 Å². The lowest BCUT2D eigenvalue weighted by molar-refractivity contribution is -0.141. The molecule has 0 fully saturated rings. The summed E-state index contributed by atoms with van der Waals surface area (Å²) in [5.74, 6) is 0.819. The topological polar surface area (TPSA) is 65.1 Å². The molecule has 0 bridgehead atoms. The maximum Gasteiger partial charge on any atom is 0.307 e. The smallest absolute Gasteiger partial charge is 0.307 e. The highest BCUT2D eigenvalue weighted by Crippen LogP contribution is 2.40. The summed E-state index contributed by atoms with van der Waals surface area (Å²) in [5.41, 5.74) is 3.14. The van der Waals surface area contributed by atoms with Crippen LogP contribution in [0.4, 0.5) is 0 Å². The first-order valence-electron chi connectivity index (χ1n) is 9.65. The quantitative estimate of drug-likeness (QED) is 0.666. The number of thiophene rings is 1. The van der Waals surface area contributed by atoms with Gasteiger partial charge in [0.1, 0.15) is 0 Å². The Balaban J connectivity index is 2.03. The number of benzene rings is 1. The highest BCUT2D eigenvalue weighted by Gasteiger charge is 2.35. The van der Waals surface area contributed by atoms with Gasteiger partial charge in [0, 0.05) is 11.4 Å². The second kappa shape index (κ2) is 8.86. The summed E-state index contributed by atoms with van der Waals surface area (Å²) >= 11 is 1.51. The van der Waals surface area contributed by atoms with Gasteiger partial charge in [0.15, 0.2) is 11.5 Å². The van der Waals surface area contributed by atoms with Crippen molar-refractivity contribution in [3.8, 4) is 11.5 Å². The molecule has 7 heteroatoms. The molecular formula is C22H27NO5S. The van der Waals surface area contributed by atoms with Gasteiger partial charge in [0.05, 0.1) is 38.7 Å². The molecule has 156 valence electrons. The number of carbonyl (C=O) groups excluding carboxylic acids is 2. The summed E-state index contributed by atoms with van der Waals surface area (Å²) in [6, 6.07) is 5.37. The lowest BCUT2D eigenvalue weighted by Crippen LogP contribution is -2.41. The number of methoxy groups -OCH3 is 3. The summed E-state index contributed by atoms with van der Waals surface area (Å²) in [6.07, 6.45) is 1.67. The average Bonchev–Trinajstić information content (AvgIpc) is 3.12. The minimum Gasteiger partial charge on any atom is -0.493 e. The first-order valence-corrected chi connectivity index (χ1v) is 10.5. The predicted octanol–water partition coefficient (Wildman–Crippen LogP) is 3.94. The summed E-state index contributed by atoms with van der Waals surface area (Å²) in [7, 11) is 4.54. The van der Waals surface area contributed by atoms with Gasteiger partial charge in [-0.25, -0.2) is 0 Å². The van der Waals surface area contributed by atoms with E-state index in [1.165, 1.54) is 24.0 Å². The van der Waals surface area contributed by atoms with Gasteiger partial charge in [0.2, 0.25) is 0 Å². The van der Waals surface area contributed by atoms with Gasteiger partial charge >= 0.3 is 5.97 Å². The van der Waals surface area contributed by atoms with Crippen LogP contribution in [-0.4, -0.2) is 44.7 Å². The van der Waals surface area contributed by atoms with Gasteiger partial charge in [0.25, 0.3) is 5.91 Å². The van der Waals surface area contributed by atoms with Crippen molar-refractivity contribution in [2.24, 2.45) is 0 Å². The summed E-state index contributed by atoms with van der Waals surface area (Å²) in [4.78, 5) is 29.2. The van der Waals surface area contributed by atoms with Crippen LogP contribution in [0.2, 0.25) is 0 Å². The maximum atomic E-state index is 13.4. The average molecular weight is 418 g/mol. The van der Waals surface area contributed by atoms with E-state index in [1.807, 2.05) is 25.1 Å². The Morgan fingerprint density at radius 3 is 2.41 bits per heavy atom. The molecule has 0 N–H and O–H groups in total. The lowest BCUT2D eigenvalue weighted by Gasteiger charge is -2.37. The molecule has 6 nitrogen and oxygen atoms in total. The number of amides is 1. The highest BCUT2D eigenvalue weighted by atomic mass is 32.1. The zero-order valence-electron chi connectivity index (χ0n) is 17.5. The number of carbonyl (C=O) groups is 2. The number of hydrogen-bond acceptors (Lipinski definition) is 6. The van der Waals surface area contributed by atoms with Crippen LogP contribution >= 0.6 is 11.3 Å². The van der Waals surface area contributed by atoms with Crippen LogP contribution in [0.25, 0.3) is 0 Å². The molecule has 29 heavy (non-hydrogen) atoms. The molecule has 0 saturated heterocycles. The standard InChI is InChI=1S/C22H27NO5S/c1-6-14-10-20(29-13(14)2)22(25)23-8-7-15-9-18(26-3)19(27-4)11-16(15)17(23)12-21(24)28-5/h9-11,17H,6-8,12H2,1-5H3/t17-/m0/s1. The number of ether oxygens (including phenoxy) is 3. The van der Waals surface area contributed by atoms with E-state index in [2.05, 4.69) is 6.92 Å². The Kier molecular flexibility index (Phi) is 6.47. The molecule has 0 unspecified atom stereocenters. The van der Waals surface area contributed by atoms with E-state index < -0.39 is 6.04 Å². The predicted molar refractivity (Wildman–Crippen MR) is 112 cm³/mol. The van der Waals surface area contributed by atoms with E-state index >= 15 is 0 Å². The van der Waals surface area contributed by atoms with Crippen molar-refractivity contribution in [2.45, 2.75) is 39.2 Å². The number of aryl methyl sites for hydroxylation is 2. The Labute approximate surface area is 175 Å². The summed E-state index contributed by atoms with van der Waals surface area (Å²) in [5, 5.41) is 0. The zero-order chi connectivity index (χ0) is 21.1. The van der Waals surface area contributed by atoms with Gasteiger partial charge in [-0.15, -0.1) is 11.3 Å². The molecule has 1 atom stereocenters. The van der Waals surface area contributed by atoms with Crippen molar-refractivity contribution >= 4 is 23.2 Å². The number of fused-ring (bicyclic) bond motifs is 1. The summed E-state index contributed by atoms with van der Waals surface area (Å²) < 4.78 is 15.8. The van der Waals surface area contributed by atoms with Crippen LogP contribution in [-0.2, 0) is 22.4 Å². The normalized spacial score (nSPS) is 15.6. The first-order chi connectivity index (χ1) is 13.9. The molecule has 3 rings (SSSR count). The molecule has 0 radical (unpaired) electrons. The fourth-order valence-electron chi connectivity index (χ4n) is 3.85. The zero-order valence-corrected chi connectivity index (χ0v) is 18.4. The molecule has 0 spiro atoms. The molecule has 1 aromatic carbocycles. The van der Waals surface area contributed by atoms with Crippen molar-refractivity contribution in [3.63, 3.8) is 0 Å². The van der Waals surface area contributed by atoms with E-state index in [-0.39, 0.29) is 18.3 Å². The van der Waals surface area contributed by atoms with E-state index in [1.54, 1.807) is 19.1 Å². The maximum absolute atomic E-state index is 13.4. The molecule has 2 aromatic rings. The first kappa shape index (κ1) is 21.2. The van der Waals surface area contributed by atoms with Gasteiger partial charge < -0.3 is 19.1 Å². The van der Waals surface area contributed by atoms with Gasteiger partial charge in [-0.05, 0) is 54.7 Å². The largest absolute Gasteiger partial charge is 0.493 e. The van der Waals surface area contributed by atoms with Crippen LogP contribution in [0, 0.1) is 6.92 Å². The van der Waals surface area contributed by atoms with Gasteiger partial charge in [-0.3, -0.25) is 9.59 Å². The number of nitrogens with zero attached hydrogens (tertiary/aromatic N) is 1. The van der Waals surface area contributed by atoms with Crippen molar-refractivity contribution in [1.29, 1.82) is 0 Å². The van der Waals surface area contributed by atoms with Crippen LogP contribution in [0.1, 0.15) is 50.6 Å². The molecule has 1 aromatic heterocycles. The number of hydrogen-bond donors (Lipinski definition) is 0. The third-order valence-electron chi connectivity index (χ3n) is 5.46. The third-order valence-corrected chi connectivity index (χ3v) is 6.54. The molecule has 1 aliphatic heterocycles. The van der Waals surface area contributed by atoms with Crippen molar-refractivity contribution in [3.05, 3.63) is 44.6 Å². The molecule has 1 aliphatic rings. The van der Waals surface area contributed by atoms with E-state index in [9.17, 15) is 9.59 Å². The van der Waals surface area contributed by atoms with Crippen molar-refractivity contribution < 1.29 is 23.8 Å². The molecule has 0 aliphatic carbocycles. The van der Waals surface area contributed by atoms with E-state index in [4.69, 9.17) is 14.2 Å². The Hall–Kier alpha value is -2.54. The SMILES string of the molecule is CCc1cc(C(=O)N2CCc3cc(OC)c(OC)cc3[C@@H]2CC(=O)OC)sc1C.